The van der Waals surface area contributed by atoms with Crippen LogP contribution in [0.2, 0.25) is 0 Å². The third-order valence-corrected chi connectivity index (χ3v) is 3.43. The zero-order valence-electron chi connectivity index (χ0n) is 11.2. The number of nitrogens with zero attached hydrogens (tertiary/aromatic N) is 1. The van der Waals surface area contributed by atoms with Crippen molar-refractivity contribution in [2.75, 3.05) is 12.8 Å². The summed E-state index contributed by atoms with van der Waals surface area (Å²) in [5, 5.41) is 3.29. The van der Waals surface area contributed by atoms with Crippen LogP contribution in [0.15, 0.2) is 47.5 Å². The highest BCUT2D eigenvalue weighted by Crippen LogP contribution is 2.25. The highest BCUT2D eigenvalue weighted by atomic mass is 32.2. The van der Waals surface area contributed by atoms with Crippen LogP contribution in [0, 0.1) is 0 Å². The van der Waals surface area contributed by atoms with Gasteiger partial charge in [-0.3, -0.25) is 0 Å². The summed E-state index contributed by atoms with van der Waals surface area (Å²) >= 11 is 1.72. The summed E-state index contributed by atoms with van der Waals surface area (Å²) in [5.74, 6) is 1.48. The maximum Gasteiger partial charge on any atom is 0.223 e. The first-order chi connectivity index (χ1) is 9.33. The van der Waals surface area contributed by atoms with E-state index in [1.165, 1.54) is 4.90 Å². The van der Waals surface area contributed by atoms with Crippen LogP contribution in [0.1, 0.15) is 12.5 Å². The molecule has 3 nitrogen and oxygen atoms in total. The Morgan fingerprint density at radius 2 is 2.00 bits per heavy atom. The minimum atomic E-state index is 0.667. The van der Waals surface area contributed by atoms with Gasteiger partial charge in [-0.2, -0.15) is 0 Å². The van der Waals surface area contributed by atoms with Crippen molar-refractivity contribution >= 4 is 11.8 Å². The highest BCUT2D eigenvalue weighted by Gasteiger charge is 2.05. The lowest BCUT2D eigenvalue weighted by molar-refractivity contribution is 0.453. The molecule has 2 rings (SSSR count). The van der Waals surface area contributed by atoms with E-state index >= 15 is 0 Å². The van der Waals surface area contributed by atoms with Crippen LogP contribution >= 0.6 is 11.8 Å². The molecule has 0 fully saturated rings. The lowest BCUT2D eigenvalue weighted by Gasteiger charge is -2.10. The van der Waals surface area contributed by atoms with Crippen molar-refractivity contribution < 1.29 is 4.74 Å². The summed E-state index contributed by atoms with van der Waals surface area (Å²) in [6, 6.07) is 12.0. The zero-order valence-corrected chi connectivity index (χ0v) is 12.0. The fourth-order valence-electron chi connectivity index (χ4n) is 1.67. The Bertz CT molecular complexity index is 514. The SMILES string of the molecule is CCNCc1cccnc1Oc1ccc(SC)cc1. The van der Waals surface area contributed by atoms with E-state index in [0.29, 0.717) is 5.88 Å². The second-order valence-corrected chi connectivity index (χ2v) is 4.91. The molecule has 0 bridgehead atoms. The van der Waals surface area contributed by atoms with Gasteiger partial charge in [0.15, 0.2) is 0 Å². The lowest BCUT2D eigenvalue weighted by atomic mass is 10.2. The van der Waals surface area contributed by atoms with Crippen LogP contribution in [-0.4, -0.2) is 17.8 Å². The number of pyridine rings is 1. The second kappa shape index (κ2) is 7.16. The topological polar surface area (TPSA) is 34.2 Å². The van der Waals surface area contributed by atoms with E-state index in [0.717, 1.165) is 24.4 Å². The molecule has 2 aromatic rings. The van der Waals surface area contributed by atoms with Gasteiger partial charge >= 0.3 is 0 Å². The number of hydrogen-bond acceptors (Lipinski definition) is 4. The third kappa shape index (κ3) is 3.98. The van der Waals surface area contributed by atoms with Crippen molar-refractivity contribution in [2.45, 2.75) is 18.4 Å². The molecule has 0 spiro atoms. The number of thioether (sulfide) groups is 1. The quantitative estimate of drug-likeness (QED) is 0.814. The maximum atomic E-state index is 5.85. The fourth-order valence-corrected chi connectivity index (χ4v) is 2.07. The smallest absolute Gasteiger partial charge is 0.223 e. The number of nitrogens with one attached hydrogen (secondary N) is 1. The fraction of sp³-hybridized carbons (Fsp3) is 0.267. The number of aromatic nitrogens is 1. The molecule has 1 heterocycles. The molecule has 0 amide bonds. The summed E-state index contributed by atoms with van der Waals surface area (Å²) in [6.07, 6.45) is 3.81. The Labute approximate surface area is 118 Å². The van der Waals surface area contributed by atoms with Gasteiger partial charge in [0, 0.05) is 23.2 Å². The average Bonchev–Trinajstić information content (AvgIpc) is 2.47. The van der Waals surface area contributed by atoms with Crippen molar-refractivity contribution in [3.8, 4) is 11.6 Å². The van der Waals surface area contributed by atoms with Crippen LogP contribution in [0.5, 0.6) is 11.6 Å². The second-order valence-electron chi connectivity index (χ2n) is 4.03. The molecule has 0 saturated carbocycles. The van der Waals surface area contributed by atoms with Crippen LogP contribution < -0.4 is 10.1 Å². The van der Waals surface area contributed by atoms with Crippen LogP contribution in [0.25, 0.3) is 0 Å². The van der Waals surface area contributed by atoms with Gasteiger partial charge in [-0.25, -0.2) is 4.98 Å². The van der Waals surface area contributed by atoms with Crippen molar-refractivity contribution in [3.63, 3.8) is 0 Å². The molecule has 19 heavy (non-hydrogen) atoms. The molecule has 0 saturated heterocycles. The Morgan fingerprint density at radius 1 is 1.21 bits per heavy atom. The first kappa shape index (κ1) is 13.9. The van der Waals surface area contributed by atoms with E-state index in [9.17, 15) is 0 Å². The van der Waals surface area contributed by atoms with Gasteiger partial charge in [-0.15, -0.1) is 11.8 Å². The van der Waals surface area contributed by atoms with Gasteiger partial charge in [0.25, 0.3) is 0 Å². The molecule has 0 unspecified atom stereocenters. The normalized spacial score (nSPS) is 10.4. The van der Waals surface area contributed by atoms with E-state index < -0.39 is 0 Å². The van der Waals surface area contributed by atoms with Crippen molar-refractivity contribution in [1.82, 2.24) is 10.3 Å². The van der Waals surface area contributed by atoms with Gasteiger partial charge in [0.05, 0.1) is 0 Å². The molecule has 1 N–H and O–H groups in total. The summed E-state index contributed by atoms with van der Waals surface area (Å²) < 4.78 is 5.85. The predicted molar refractivity (Wildman–Crippen MR) is 79.9 cm³/mol. The number of benzene rings is 1. The molecule has 0 aliphatic rings. The van der Waals surface area contributed by atoms with Crippen molar-refractivity contribution in [2.24, 2.45) is 0 Å². The van der Waals surface area contributed by atoms with Gasteiger partial charge in [0.1, 0.15) is 5.75 Å². The van der Waals surface area contributed by atoms with Crippen LogP contribution in [-0.2, 0) is 6.54 Å². The minimum Gasteiger partial charge on any atom is -0.439 e. The molecule has 0 atom stereocenters. The molecule has 1 aromatic carbocycles. The molecule has 0 radical (unpaired) electrons. The largest absolute Gasteiger partial charge is 0.439 e. The zero-order chi connectivity index (χ0) is 13.5. The van der Waals surface area contributed by atoms with Crippen molar-refractivity contribution in [3.05, 3.63) is 48.2 Å². The van der Waals surface area contributed by atoms with E-state index in [4.69, 9.17) is 4.74 Å². The van der Waals surface area contributed by atoms with E-state index in [2.05, 4.69) is 23.5 Å². The standard InChI is InChI=1S/C15H18N2OS/c1-3-16-11-12-5-4-10-17-15(12)18-13-6-8-14(19-2)9-7-13/h4-10,16H,3,11H2,1-2H3. The Balaban J connectivity index is 2.12. The molecule has 0 aliphatic heterocycles. The first-order valence-corrected chi connectivity index (χ1v) is 7.52. The average molecular weight is 274 g/mol. The molecule has 4 heteroatoms. The van der Waals surface area contributed by atoms with Gasteiger partial charge in [-0.05, 0) is 43.1 Å². The van der Waals surface area contributed by atoms with E-state index in [1.807, 2.05) is 36.4 Å². The third-order valence-electron chi connectivity index (χ3n) is 2.69. The van der Waals surface area contributed by atoms with Crippen LogP contribution in [0.3, 0.4) is 0 Å². The number of rotatable bonds is 6. The summed E-state index contributed by atoms with van der Waals surface area (Å²) in [4.78, 5) is 5.53. The Hall–Kier alpha value is -1.52. The molecule has 1 aromatic heterocycles. The summed E-state index contributed by atoms with van der Waals surface area (Å²) in [6.45, 7) is 3.78. The number of ether oxygens (including phenoxy) is 1. The molecular weight excluding hydrogens is 256 g/mol. The molecule has 100 valence electrons. The Kier molecular flexibility index (Phi) is 5.24. The monoisotopic (exact) mass is 274 g/mol. The summed E-state index contributed by atoms with van der Waals surface area (Å²) in [5.41, 5.74) is 1.07. The lowest BCUT2D eigenvalue weighted by Crippen LogP contribution is -2.12. The Morgan fingerprint density at radius 3 is 2.68 bits per heavy atom. The van der Waals surface area contributed by atoms with E-state index in [-0.39, 0.29) is 0 Å². The van der Waals surface area contributed by atoms with Gasteiger partial charge < -0.3 is 10.1 Å². The first-order valence-electron chi connectivity index (χ1n) is 6.30. The minimum absolute atomic E-state index is 0.667. The maximum absolute atomic E-state index is 5.85. The molecular formula is C15H18N2OS. The highest BCUT2D eigenvalue weighted by molar-refractivity contribution is 7.98. The van der Waals surface area contributed by atoms with Gasteiger partial charge in [0.2, 0.25) is 5.88 Å². The number of hydrogen-bond donors (Lipinski definition) is 1. The van der Waals surface area contributed by atoms with E-state index in [1.54, 1.807) is 18.0 Å². The molecule has 0 aliphatic carbocycles. The van der Waals surface area contributed by atoms with Crippen LogP contribution in [0.4, 0.5) is 0 Å². The predicted octanol–water partition coefficient (Wildman–Crippen LogP) is 3.71. The van der Waals surface area contributed by atoms with Gasteiger partial charge in [-0.1, -0.05) is 13.0 Å². The summed E-state index contributed by atoms with van der Waals surface area (Å²) in [7, 11) is 0. The van der Waals surface area contributed by atoms with Crippen molar-refractivity contribution in [1.29, 1.82) is 0 Å².